The molecule has 12 heteroatoms. The van der Waals surface area contributed by atoms with Crippen molar-refractivity contribution in [1.29, 1.82) is 0 Å². The van der Waals surface area contributed by atoms with Gasteiger partial charge < -0.3 is 0 Å². The maximum absolute atomic E-state index is 11.7. The Balaban J connectivity index is 2.44. The first kappa shape index (κ1) is 22.2. The molecule has 1 aromatic carbocycles. The van der Waals surface area contributed by atoms with Gasteiger partial charge in [0.2, 0.25) is 0 Å². The van der Waals surface area contributed by atoms with Crippen LogP contribution < -0.4 is 0 Å². The summed E-state index contributed by atoms with van der Waals surface area (Å²) in [6.07, 6.45) is 6.92. The molecule has 2 atom stereocenters. The van der Waals surface area contributed by atoms with Gasteiger partial charge >= 0.3 is 0 Å². The molecule has 1 aliphatic carbocycles. The van der Waals surface area contributed by atoms with E-state index in [0.717, 1.165) is 18.0 Å². The molecule has 2 unspecified atom stereocenters. The summed E-state index contributed by atoms with van der Waals surface area (Å²) in [5.41, 5.74) is 0.0876. The lowest BCUT2D eigenvalue weighted by Crippen LogP contribution is -2.27. The van der Waals surface area contributed by atoms with E-state index in [0.29, 0.717) is 21.7 Å². The number of allylic oxidation sites excluding steroid dienone is 3. The van der Waals surface area contributed by atoms with Crippen LogP contribution in [0.2, 0.25) is 0 Å². The minimum atomic E-state index is -4.59. The van der Waals surface area contributed by atoms with E-state index in [-0.39, 0.29) is 5.56 Å². The van der Waals surface area contributed by atoms with E-state index in [9.17, 15) is 25.9 Å². The van der Waals surface area contributed by atoms with Gasteiger partial charge in [0.1, 0.15) is 10.1 Å². The van der Waals surface area contributed by atoms with Crippen LogP contribution in [-0.2, 0) is 20.2 Å². The van der Waals surface area contributed by atoms with E-state index in [2.05, 4.69) is 8.50 Å². The Hall–Kier alpha value is -2.06. The third-order valence-electron chi connectivity index (χ3n) is 3.60. The summed E-state index contributed by atoms with van der Waals surface area (Å²) in [5, 5.41) is -1.34. The molecule has 0 aliphatic heterocycles. The van der Waals surface area contributed by atoms with Crippen molar-refractivity contribution in [2.24, 2.45) is 5.92 Å². The standard InChI is InChI=1S/C16H12N2O6S4/c1-17-25-13-7-5-11(15(9-13)27(19,20)21)3-4-12-6-8-14(26-18-2)10-16(12)28(22,23)24/h3-11,15H,(H,19,20,21)(H,22,23,24). The molecule has 0 amide bonds. The fourth-order valence-electron chi connectivity index (χ4n) is 2.42. The minimum absolute atomic E-state index is 0.0876. The van der Waals surface area contributed by atoms with E-state index in [4.69, 9.17) is 13.1 Å². The van der Waals surface area contributed by atoms with Crippen molar-refractivity contribution in [3.63, 3.8) is 0 Å². The van der Waals surface area contributed by atoms with Gasteiger partial charge in [-0.2, -0.15) is 16.8 Å². The van der Waals surface area contributed by atoms with Gasteiger partial charge in [-0.15, -0.1) is 0 Å². The van der Waals surface area contributed by atoms with Crippen LogP contribution in [0, 0.1) is 19.1 Å². The fourth-order valence-corrected chi connectivity index (χ4v) is 5.04. The van der Waals surface area contributed by atoms with Gasteiger partial charge in [-0.25, -0.2) is 21.6 Å². The highest BCUT2D eigenvalue weighted by Gasteiger charge is 2.31. The summed E-state index contributed by atoms with van der Waals surface area (Å²) < 4.78 is 71.8. The first-order valence-electron chi connectivity index (χ1n) is 7.30. The predicted molar refractivity (Wildman–Crippen MR) is 108 cm³/mol. The maximum atomic E-state index is 11.7. The van der Waals surface area contributed by atoms with Crippen LogP contribution in [0.3, 0.4) is 0 Å². The predicted octanol–water partition coefficient (Wildman–Crippen LogP) is 3.77. The zero-order chi connectivity index (χ0) is 20.9. The molecule has 0 heterocycles. The van der Waals surface area contributed by atoms with Crippen molar-refractivity contribution in [2.45, 2.75) is 15.0 Å². The van der Waals surface area contributed by atoms with E-state index in [1.807, 2.05) is 0 Å². The smallest absolute Gasteiger partial charge is 0.285 e. The van der Waals surface area contributed by atoms with Crippen LogP contribution in [0.4, 0.5) is 0 Å². The molecule has 0 radical (unpaired) electrons. The molecule has 0 aromatic heterocycles. The molecule has 8 nitrogen and oxygen atoms in total. The Morgan fingerprint density at radius 3 is 2.32 bits per heavy atom. The summed E-state index contributed by atoms with van der Waals surface area (Å²) in [6.45, 7) is 13.6. The Morgan fingerprint density at radius 2 is 1.75 bits per heavy atom. The molecule has 0 saturated carbocycles. The average molecular weight is 457 g/mol. The number of rotatable bonds is 6. The van der Waals surface area contributed by atoms with Crippen molar-refractivity contribution in [2.75, 3.05) is 0 Å². The Kier molecular flexibility index (Phi) is 7.11. The Morgan fingerprint density at radius 1 is 1.07 bits per heavy atom. The van der Waals surface area contributed by atoms with E-state index in [1.165, 1.54) is 42.5 Å². The van der Waals surface area contributed by atoms with Gasteiger partial charge in [-0.1, -0.05) is 24.3 Å². The van der Waals surface area contributed by atoms with Crippen molar-refractivity contribution in [3.05, 3.63) is 74.6 Å². The fraction of sp³-hybridized carbons (Fsp3) is 0.125. The van der Waals surface area contributed by atoms with Gasteiger partial charge in [0.25, 0.3) is 44.1 Å². The first-order chi connectivity index (χ1) is 13.1. The third-order valence-corrected chi connectivity index (χ3v) is 6.78. The molecule has 0 spiro atoms. The highest BCUT2D eigenvalue weighted by atomic mass is 32.2. The van der Waals surface area contributed by atoms with Crippen LogP contribution in [0.1, 0.15) is 5.56 Å². The van der Waals surface area contributed by atoms with Gasteiger partial charge in [-0.05, 0) is 29.8 Å². The van der Waals surface area contributed by atoms with Gasteiger partial charge in [0.05, 0.1) is 9.80 Å². The normalized spacial score (nSPS) is 19.8. The molecular formula is C16H12N2O6S4. The monoisotopic (exact) mass is 456 g/mol. The van der Waals surface area contributed by atoms with E-state index < -0.39 is 36.3 Å². The topological polar surface area (TPSA) is 117 Å². The molecule has 146 valence electrons. The van der Waals surface area contributed by atoms with Crippen molar-refractivity contribution in [3.8, 4) is 0 Å². The second-order valence-electron chi connectivity index (χ2n) is 5.38. The maximum Gasteiger partial charge on any atom is 0.295 e. The average Bonchev–Trinajstić information content (AvgIpc) is 2.60. The Labute approximate surface area is 171 Å². The molecule has 0 bridgehead atoms. The van der Waals surface area contributed by atoms with Gasteiger partial charge in [0.15, 0.2) is 0 Å². The molecule has 2 rings (SSSR count). The quantitative estimate of drug-likeness (QED) is 0.377. The van der Waals surface area contributed by atoms with Crippen LogP contribution in [-0.4, -0.2) is 31.2 Å². The molecule has 1 aromatic rings. The van der Waals surface area contributed by atoms with E-state index >= 15 is 0 Å². The molecular weight excluding hydrogens is 444 g/mol. The third kappa shape index (κ3) is 5.72. The second kappa shape index (κ2) is 8.96. The van der Waals surface area contributed by atoms with E-state index in [1.54, 1.807) is 0 Å². The number of benzene rings is 1. The summed E-state index contributed by atoms with van der Waals surface area (Å²) in [4.78, 5) is 0.249. The molecule has 0 fully saturated rings. The molecule has 0 saturated heterocycles. The molecule has 28 heavy (non-hydrogen) atoms. The summed E-state index contributed by atoms with van der Waals surface area (Å²) in [5.74, 6) is -0.823. The van der Waals surface area contributed by atoms with Crippen LogP contribution in [0.15, 0.2) is 57.2 Å². The number of nitrogens with zero attached hydrogens (tertiary/aromatic N) is 2. The summed E-state index contributed by atoms with van der Waals surface area (Å²) in [6, 6.07) is 4.00. The van der Waals surface area contributed by atoms with Crippen LogP contribution >= 0.6 is 23.9 Å². The summed E-state index contributed by atoms with van der Waals surface area (Å²) >= 11 is 1.43. The Bertz CT molecular complexity index is 1150. The van der Waals surface area contributed by atoms with Gasteiger partial charge in [-0.3, -0.25) is 9.11 Å². The first-order valence-corrected chi connectivity index (χ1v) is 11.8. The summed E-state index contributed by atoms with van der Waals surface area (Å²) in [7, 11) is -9.07. The minimum Gasteiger partial charge on any atom is -0.285 e. The highest BCUT2D eigenvalue weighted by molar-refractivity contribution is 8.05. The lowest BCUT2D eigenvalue weighted by atomic mass is 9.98. The van der Waals surface area contributed by atoms with Gasteiger partial charge in [0, 0.05) is 5.92 Å². The molecule has 2 N–H and O–H groups in total. The van der Waals surface area contributed by atoms with Crippen molar-refractivity contribution in [1.82, 2.24) is 0 Å². The van der Waals surface area contributed by atoms with Crippen molar-refractivity contribution >= 4 is 50.2 Å². The van der Waals surface area contributed by atoms with Crippen LogP contribution in [0.5, 0.6) is 0 Å². The van der Waals surface area contributed by atoms with Crippen LogP contribution in [0.25, 0.3) is 14.6 Å². The second-order valence-corrected chi connectivity index (χ2v) is 10.0. The zero-order valence-electron chi connectivity index (χ0n) is 13.8. The lowest BCUT2D eigenvalue weighted by molar-refractivity contribution is 0.467. The zero-order valence-corrected chi connectivity index (χ0v) is 17.1. The highest BCUT2D eigenvalue weighted by Crippen LogP contribution is 2.31. The SMILES string of the molecule is [C-]#[N+]SC1=CC(S(=O)(=O)O)C(C=Cc2ccc(S[N+]#[C-])cc2S(=O)(=O)O)C=C1. The largest absolute Gasteiger partial charge is 0.295 e. The lowest BCUT2D eigenvalue weighted by Gasteiger charge is -2.19. The number of hydrogen-bond acceptors (Lipinski definition) is 6. The van der Waals surface area contributed by atoms with Crippen molar-refractivity contribution < 1.29 is 25.9 Å². The molecule has 1 aliphatic rings. The number of hydrogen-bond donors (Lipinski definition) is 2.